The molecule has 0 atom stereocenters. The van der Waals surface area contributed by atoms with Crippen LogP contribution in [0.1, 0.15) is 24.2 Å². The van der Waals surface area contributed by atoms with E-state index in [9.17, 15) is 9.18 Å². The zero-order valence-corrected chi connectivity index (χ0v) is 13.5. The van der Waals surface area contributed by atoms with Gasteiger partial charge in [0.05, 0.1) is 17.4 Å². The molecule has 0 spiro atoms. The molecule has 6 nitrogen and oxygen atoms in total. The number of nitrogens with two attached hydrogens (primary N) is 1. The second kappa shape index (κ2) is 6.27. The van der Waals surface area contributed by atoms with Gasteiger partial charge in [0.2, 0.25) is 0 Å². The topological polar surface area (TPSA) is 85.8 Å². The van der Waals surface area contributed by atoms with E-state index in [1.165, 1.54) is 0 Å². The molecule has 7 heteroatoms. The van der Waals surface area contributed by atoms with Crippen molar-refractivity contribution in [2.24, 2.45) is 11.7 Å². The van der Waals surface area contributed by atoms with Crippen LogP contribution in [0.15, 0.2) is 36.8 Å². The Morgan fingerprint density at radius 2 is 2.17 bits per heavy atom. The molecular weight excluding hydrogens is 309 g/mol. The quantitative estimate of drug-likeness (QED) is 0.754. The molecular formula is C17H18FN5O. The van der Waals surface area contributed by atoms with Gasteiger partial charge in [-0.3, -0.25) is 4.79 Å². The summed E-state index contributed by atoms with van der Waals surface area (Å²) in [6.07, 6.45) is 4.68. The zero-order valence-electron chi connectivity index (χ0n) is 13.5. The normalized spacial score (nSPS) is 11.2. The van der Waals surface area contributed by atoms with Crippen LogP contribution in [-0.2, 0) is 6.54 Å². The summed E-state index contributed by atoms with van der Waals surface area (Å²) in [7, 11) is 0. The Bertz CT molecular complexity index is 903. The predicted molar refractivity (Wildman–Crippen MR) is 90.6 cm³/mol. The molecule has 1 amide bonds. The molecule has 0 fully saturated rings. The first kappa shape index (κ1) is 15.9. The van der Waals surface area contributed by atoms with E-state index in [0.29, 0.717) is 5.92 Å². The molecule has 0 unspecified atom stereocenters. The molecule has 0 bridgehead atoms. The summed E-state index contributed by atoms with van der Waals surface area (Å²) in [4.78, 5) is 19.9. The lowest BCUT2D eigenvalue weighted by molar-refractivity contribution is 0.100. The Kier molecular flexibility index (Phi) is 4.16. The second-order valence-corrected chi connectivity index (χ2v) is 6.00. The number of primary amides is 1. The van der Waals surface area contributed by atoms with Crippen LogP contribution < -0.4 is 11.1 Å². The summed E-state index contributed by atoms with van der Waals surface area (Å²) in [6, 6.07) is 4.79. The highest BCUT2D eigenvalue weighted by atomic mass is 19.1. The van der Waals surface area contributed by atoms with Gasteiger partial charge in [-0.05, 0) is 24.1 Å². The average molecular weight is 327 g/mol. The lowest BCUT2D eigenvalue weighted by atomic mass is 10.2. The van der Waals surface area contributed by atoms with Crippen molar-refractivity contribution in [3.05, 3.63) is 48.2 Å². The number of hydrogen-bond acceptors (Lipinski definition) is 4. The number of nitrogens with one attached hydrogen (secondary N) is 1. The van der Waals surface area contributed by atoms with Crippen LogP contribution in [0.4, 0.5) is 15.9 Å². The number of hydrogen-bond donors (Lipinski definition) is 2. The van der Waals surface area contributed by atoms with Crippen LogP contribution in [0.3, 0.4) is 0 Å². The average Bonchev–Trinajstić information content (AvgIpc) is 2.92. The van der Waals surface area contributed by atoms with Crippen LogP contribution in [0.25, 0.3) is 11.0 Å². The van der Waals surface area contributed by atoms with Gasteiger partial charge in [0.25, 0.3) is 5.91 Å². The fraction of sp³-hybridized carbons (Fsp3) is 0.235. The van der Waals surface area contributed by atoms with Crippen molar-refractivity contribution in [1.29, 1.82) is 0 Å². The smallest absolute Gasteiger partial charge is 0.252 e. The Morgan fingerprint density at radius 3 is 2.88 bits per heavy atom. The number of carbonyl (C=O) groups excluding carboxylic acids is 1. The summed E-state index contributed by atoms with van der Waals surface area (Å²) < 4.78 is 15.4. The van der Waals surface area contributed by atoms with E-state index in [1.54, 1.807) is 12.3 Å². The van der Waals surface area contributed by atoms with Gasteiger partial charge in [0.1, 0.15) is 17.3 Å². The third kappa shape index (κ3) is 3.05. The molecule has 0 saturated heterocycles. The van der Waals surface area contributed by atoms with E-state index < -0.39 is 11.7 Å². The van der Waals surface area contributed by atoms with Gasteiger partial charge >= 0.3 is 0 Å². The maximum atomic E-state index is 13.3. The lowest BCUT2D eigenvalue weighted by Crippen LogP contribution is -2.14. The van der Waals surface area contributed by atoms with Crippen molar-refractivity contribution < 1.29 is 9.18 Å². The number of nitrogens with zero attached hydrogens (tertiary/aromatic N) is 3. The number of halogens is 1. The minimum atomic E-state index is -0.743. The number of carbonyl (C=O) groups is 1. The Labute approximate surface area is 138 Å². The molecule has 0 aliphatic rings. The summed E-state index contributed by atoms with van der Waals surface area (Å²) >= 11 is 0. The summed E-state index contributed by atoms with van der Waals surface area (Å²) in [6.45, 7) is 5.12. The Morgan fingerprint density at radius 1 is 1.38 bits per heavy atom. The number of anilines is 2. The maximum absolute atomic E-state index is 13.3. The van der Waals surface area contributed by atoms with Crippen molar-refractivity contribution in [2.45, 2.75) is 20.4 Å². The first-order valence-corrected chi connectivity index (χ1v) is 7.62. The van der Waals surface area contributed by atoms with Crippen molar-refractivity contribution >= 4 is 28.4 Å². The minimum Gasteiger partial charge on any atom is -0.365 e. The number of aromatic nitrogens is 3. The number of pyridine rings is 2. The van der Waals surface area contributed by atoms with E-state index in [2.05, 4.69) is 33.7 Å². The van der Waals surface area contributed by atoms with Gasteiger partial charge in [-0.1, -0.05) is 13.8 Å². The van der Waals surface area contributed by atoms with Gasteiger partial charge < -0.3 is 15.6 Å². The molecule has 0 saturated carbocycles. The summed E-state index contributed by atoms with van der Waals surface area (Å²) in [5, 5.41) is 3.95. The molecule has 124 valence electrons. The standard InChI is InChI=1S/C17H18FN5O/c1-10(2)9-23-6-4-12-14(3-5-20-17(12)23)22-16-13(15(19)24)7-11(18)8-21-16/h3-8,10H,9H2,1-2H3,(H2,19,24)(H,20,21,22). The zero-order chi connectivity index (χ0) is 17.3. The fourth-order valence-electron chi connectivity index (χ4n) is 2.59. The largest absolute Gasteiger partial charge is 0.365 e. The second-order valence-electron chi connectivity index (χ2n) is 6.00. The molecule has 0 aliphatic heterocycles. The highest BCUT2D eigenvalue weighted by Crippen LogP contribution is 2.27. The van der Waals surface area contributed by atoms with Crippen LogP contribution in [-0.4, -0.2) is 20.4 Å². The van der Waals surface area contributed by atoms with Gasteiger partial charge in [0, 0.05) is 24.3 Å². The molecule has 0 radical (unpaired) electrons. The highest BCUT2D eigenvalue weighted by molar-refractivity contribution is 6.00. The van der Waals surface area contributed by atoms with Crippen molar-refractivity contribution in [3.8, 4) is 0 Å². The monoisotopic (exact) mass is 327 g/mol. The first-order valence-electron chi connectivity index (χ1n) is 7.62. The van der Waals surface area contributed by atoms with Gasteiger partial charge in [0.15, 0.2) is 0 Å². The van der Waals surface area contributed by atoms with Crippen LogP contribution >= 0.6 is 0 Å². The third-order valence-electron chi connectivity index (χ3n) is 3.60. The molecule has 3 rings (SSSR count). The van der Waals surface area contributed by atoms with Crippen molar-refractivity contribution in [3.63, 3.8) is 0 Å². The molecule has 3 aromatic rings. The van der Waals surface area contributed by atoms with E-state index in [-0.39, 0.29) is 11.4 Å². The molecule has 3 N–H and O–H groups in total. The van der Waals surface area contributed by atoms with Gasteiger partial charge in [-0.2, -0.15) is 0 Å². The summed E-state index contributed by atoms with van der Waals surface area (Å²) in [5.74, 6) is -0.656. The van der Waals surface area contributed by atoms with Crippen LogP contribution in [0.2, 0.25) is 0 Å². The van der Waals surface area contributed by atoms with Crippen molar-refractivity contribution in [1.82, 2.24) is 14.5 Å². The van der Waals surface area contributed by atoms with Crippen LogP contribution in [0.5, 0.6) is 0 Å². The number of amides is 1. The minimum absolute atomic E-state index is 0.00146. The maximum Gasteiger partial charge on any atom is 0.252 e. The molecule has 24 heavy (non-hydrogen) atoms. The van der Waals surface area contributed by atoms with Crippen molar-refractivity contribution in [2.75, 3.05) is 5.32 Å². The number of rotatable bonds is 5. The molecule has 3 aromatic heterocycles. The molecule has 3 heterocycles. The van der Waals surface area contributed by atoms with E-state index in [0.717, 1.165) is 35.5 Å². The van der Waals surface area contributed by atoms with Gasteiger partial charge in [-0.25, -0.2) is 14.4 Å². The van der Waals surface area contributed by atoms with E-state index in [4.69, 9.17) is 5.73 Å². The lowest BCUT2D eigenvalue weighted by Gasteiger charge is -2.11. The predicted octanol–water partition coefficient (Wildman–Crippen LogP) is 3.07. The SMILES string of the molecule is CC(C)Cn1ccc2c(Nc3ncc(F)cc3C(N)=O)ccnc21. The molecule has 0 aromatic carbocycles. The Hall–Kier alpha value is -2.96. The van der Waals surface area contributed by atoms with Gasteiger partial charge in [-0.15, -0.1) is 0 Å². The van der Waals surface area contributed by atoms with Crippen LogP contribution in [0, 0.1) is 11.7 Å². The number of fused-ring (bicyclic) bond motifs is 1. The molecule has 0 aliphatic carbocycles. The highest BCUT2D eigenvalue weighted by Gasteiger charge is 2.14. The first-order chi connectivity index (χ1) is 11.5. The van der Waals surface area contributed by atoms with E-state index >= 15 is 0 Å². The Balaban J connectivity index is 2.02. The summed E-state index contributed by atoms with van der Waals surface area (Å²) in [5.41, 5.74) is 6.86. The third-order valence-corrected chi connectivity index (χ3v) is 3.60. The van der Waals surface area contributed by atoms with E-state index in [1.807, 2.05) is 12.3 Å². The fourth-order valence-corrected chi connectivity index (χ4v) is 2.59.